The van der Waals surface area contributed by atoms with Gasteiger partial charge in [0, 0.05) is 11.1 Å². The average Bonchev–Trinajstić information content (AvgIpc) is 2.60. The topological polar surface area (TPSA) is 75.3 Å². The average molecular weight is 397 g/mol. The number of rotatable bonds is 5. The molecule has 3 rings (SSSR count). The number of hydrogen-bond donors (Lipinski definition) is 2. The van der Waals surface area contributed by atoms with Crippen molar-refractivity contribution < 1.29 is 13.2 Å². The van der Waals surface area contributed by atoms with Crippen molar-refractivity contribution in [2.75, 3.05) is 5.32 Å². The molecule has 0 aliphatic heterocycles. The minimum atomic E-state index is -3.83. The van der Waals surface area contributed by atoms with E-state index in [4.69, 9.17) is 0 Å². The van der Waals surface area contributed by atoms with Gasteiger partial charge in [-0.15, -0.1) is 0 Å². The lowest BCUT2D eigenvalue weighted by molar-refractivity contribution is -0.117. The van der Waals surface area contributed by atoms with Gasteiger partial charge in [0.25, 0.3) is 0 Å². The molecule has 1 atom stereocenters. The molecule has 0 fully saturated rings. The number of nitrogens with one attached hydrogen (secondary N) is 2. The van der Waals surface area contributed by atoms with Gasteiger partial charge < -0.3 is 5.32 Å². The van der Waals surface area contributed by atoms with Gasteiger partial charge in [0.2, 0.25) is 15.9 Å². The van der Waals surface area contributed by atoms with E-state index in [2.05, 4.69) is 10.0 Å². The van der Waals surface area contributed by atoms with E-state index in [1.54, 1.807) is 19.9 Å². The molecule has 5 nitrogen and oxygen atoms in total. The fourth-order valence-corrected chi connectivity index (χ4v) is 5.17. The molecule has 28 heavy (non-hydrogen) atoms. The van der Waals surface area contributed by atoms with Crippen LogP contribution in [0, 0.1) is 20.8 Å². The first-order valence-corrected chi connectivity index (χ1v) is 10.6. The maximum atomic E-state index is 12.9. The zero-order valence-electron chi connectivity index (χ0n) is 16.4. The fourth-order valence-electron chi connectivity index (χ4n) is 3.51. The third kappa shape index (κ3) is 4.08. The Morgan fingerprint density at radius 3 is 2.21 bits per heavy atom. The Hall–Kier alpha value is -2.70. The highest BCUT2D eigenvalue weighted by Crippen LogP contribution is 2.24. The van der Waals surface area contributed by atoms with Crippen LogP contribution in [0.5, 0.6) is 0 Å². The first-order valence-electron chi connectivity index (χ1n) is 9.08. The van der Waals surface area contributed by atoms with Crippen molar-refractivity contribution in [1.82, 2.24) is 4.72 Å². The highest BCUT2D eigenvalue weighted by molar-refractivity contribution is 7.89. The van der Waals surface area contributed by atoms with Gasteiger partial charge in [-0.1, -0.05) is 54.1 Å². The van der Waals surface area contributed by atoms with Gasteiger partial charge >= 0.3 is 0 Å². The Morgan fingerprint density at radius 1 is 0.929 bits per heavy atom. The minimum absolute atomic E-state index is 0.225. The van der Waals surface area contributed by atoms with E-state index in [1.165, 1.54) is 6.92 Å². The summed E-state index contributed by atoms with van der Waals surface area (Å²) in [6.45, 7) is 6.98. The summed E-state index contributed by atoms with van der Waals surface area (Å²) >= 11 is 0. The largest absolute Gasteiger partial charge is 0.324 e. The molecule has 2 N–H and O–H groups in total. The molecule has 146 valence electrons. The van der Waals surface area contributed by atoms with Gasteiger partial charge in [0.05, 0.1) is 10.9 Å². The zero-order valence-corrected chi connectivity index (χ0v) is 17.2. The summed E-state index contributed by atoms with van der Waals surface area (Å²) in [5, 5.41) is 4.73. The van der Waals surface area contributed by atoms with Gasteiger partial charge in [-0.05, 0) is 50.3 Å². The van der Waals surface area contributed by atoms with Gasteiger partial charge in [-0.25, -0.2) is 8.42 Å². The highest BCUT2D eigenvalue weighted by atomic mass is 32.2. The Morgan fingerprint density at radius 2 is 1.54 bits per heavy atom. The first-order chi connectivity index (χ1) is 13.2. The van der Waals surface area contributed by atoms with Crippen LogP contribution in [0.25, 0.3) is 10.8 Å². The molecule has 0 aliphatic carbocycles. The summed E-state index contributed by atoms with van der Waals surface area (Å²) in [5.41, 5.74) is 2.96. The van der Waals surface area contributed by atoms with E-state index in [9.17, 15) is 13.2 Å². The quantitative estimate of drug-likeness (QED) is 0.683. The van der Waals surface area contributed by atoms with Crippen molar-refractivity contribution in [2.45, 2.75) is 38.6 Å². The number of amides is 1. The molecule has 6 heteroatoms. The Kier molecular flexibility index (Phi) is 5.54. The van der Waals surface area contributed by atoms with Crippen molar-refractivity contribution in [3.8, 4) is 0 Å². The van der Waals surface area contributed by atoms with Crippen molar-refractivity contribution in [3.05, 3.63) is 71.3 Å². The third-order valence-corrected chi connectivity index (χ3v) is 6.49. The molecule has 0 radical (unpaired) electrons. The molecule has 0 saturated carbocycles. The lowest BCUT2D eigenvalue weighted by atomic mass is 10.1. The third-order valence-electron chi connectivity index (χ3n) is 4.65. The van der Waals surface area contributed by atoms with Crippen LogP contribution in [-0.2, 0) is 14.8 Å². The molecule has 0 aliphatic rings. The standard InChI is InChI=1S/C22H24N2O3S/c1-14-12-15(2)21(16(3)13-14)28(26,27)24-17(4)22(25)23-20-11-7-9-18-8-5-6-10-19(18)20/h5-13,17,24H,1-4H3,(H,23,25). The summed E-state index contributed by atoms with van der Waals surface area (Å²) < 4.78 is 28.2. The predicted molar refractivity (Wildman–Crippen MR) is 113 cm³/mol. The highest BCUT2D eigenvalue weighted by Gasteiger charge is 2.25. The number of anilines is 1. The lowest BCUT2D eigenvalue weighted by Gasteiger charge is -2.18. The van der Waals surface area contributed by atoms with Crippen LogP contribution in [0.15, 0.2) is 59.5 Å². The Bertz CT molecular complexity index is 1130. The van der Waals surface area contributed by atoms with E-state index in [-0.39, 0.29) is 4.90 Å². The molecule has 0 saturated heterocycles. The van der Waals surface area contributed by atoms with Gasteiger partial charge in [-0.2, -0.15) is 4.72 Å². The Balaban J connectivity index is 1.82. The monoisotopic (exact) mass is 396 g/mol. The molecule has 0 aromatic heterocycles. The molecule has 0 spiro atoms. The fraction of sp³-hybridized carbons (Fsp3) is 0.227. The van der Waals surface area contributed by atoms with Crippen LogP contribution in [0.1, 0.15) is 23.6 Å². The Labute approximate surface area is 165 Å². The number of sulfonamides is 1. The number of fused-ring (bicyclic) bond motifs is 1. The van der Waals surface area contributed by atoms with Crippen LogP contribution in [0.3, 0.4) is 0 Å². The minimum Gasteiger partial charge on any atom is -0.324 e. The van der Waals surface area contributed by atoms with Gasteiger partial charge in [0.1, 0.15) is 0 Å². The van der Waals surface area contributed by atoms with E-state index in [0.29, 0.717) is 16.8 Å². The SMILES string of the molecule is Cc1cc(C)c(S(=O)(=O)NC(C)C(=O)Nc2cccc3ccccc23)c(C)c1. The maximum absolute atomic E-state index is 12.9. The second-order valence-corrected chi connectivity index (χ2v) is 8.74. The van der Waals surface area contributed by atoms with Crippen LogP contribution in [-0.4, -0.2) is 20.4 Å². The van der Waals surface area contributed by atoms with Crippen molar-refractivity contribution in [3.63, 3.8) is 0 Å². The van der Waals surface area contributed by atoms with Crippen LogP contribution in [0.4, 0.5) is 5.69 Å². The molecular formula is C22H24N2O3S. The van der Waals surface area contributed by atoms with Crippen molar-refractivity contribution >= 4 is 32.4 Å². The number of carbonyl (C=O) groups is 1. The van der Waals surface area contributed by atoms with Crippen LogP contribution < -0.4 is 10.0 Å². The number of carbonyl (C=O) groups excluding carboxylic acids is 1. The molecule has 1 unspecified atom stereocenters. The molecule has 0 bridgehead atoms. The van der Waals surface area contributed by atoms with E-state index in [0.717, 1.165) is 16.3 Å². The molecule has 1 amide bonds. The van der Waals surface area contributed by atoms with Gasteiger partial charge in [0.15, 0.2) is 0 Å². The van der Waals surface area contributed by atoms with Crippen molar-refractivity contribution in [1.29, 1.82) is 0 Å². The van der Waals surface area contributed by atoms with Crippen LogP contribution in [0.2, 0.25) is 0 Å². The maximum Gasteiger partial charge on any atom is 0.242 e. The summed E-state index contributed by atoms with van der Waals surface area (Å²) in [6.07, 6.45) is 0. The van der Waals surface area contributed by atoms with E-state index < -0.39 is 22.0 Å². The van der Waals surface area contributed by atoms with E-state index >= 15 is 0 Å². The predicted octanol–water partition coefficient (Wildman–Crippen LogP) is 4.07. The number of aryl methyl sites for hydroxylation is 3. The summed E-state index contributed by atoms with van der Waals surface area (Å²) in [5.74, 6) is -0.414. The molecule has 3 aromatic rings. The second kappa shape index (κ2) is 7.73. The summed E-state index contributed by atoms with van der Waals surface area (Å²) in [6, 6.07) is 16.0. The first kappa shape index (κ1) is 20.0. The zero-order chi connectivity index (χ0) is 20.5. The van der Waals surface area contributed by atoms with Crippen LogP contribution >= 0.6 is 0 Å². The second-order valence-electron chi connectivity index (χ2n) is 7.09. The summed E-state index contributed by atoms with van der Waals surface area (Å²) in [7, 11) is -3.83. The van der Waals surface area contributed by atoms with Crippen molar-refractivity contribution in [2.24, 2.45) is 0 Å². The molecule has 3 aromatic carbocycles. The lowest BCUT2D eigenvalue weighted by Crippen LogP contribution is -2.42. The number of hydrogen-bond acceptors (Lipinski definition) is 3. The van der Waals surface area contributed by atoms with Gasteiger partial charge in [-0.3, -0.25) is 4.79 Å². The normalized spacial score (nSPS) is 12.7. The van der Waals surface area contributed by atoms with E-state index in [1.807, 2.05) is 55.5 Å². The molecule has 0 heterocycles. The smallest absolute Gasteiger partial charge is 0.242 e. The molecular weight excluding hydrogens is 372 g/mol. The summed E-state index contributed by atoms with van der Waals surface area (Å²) in [4.78, 5) is 12.9. The number of benzene rings is 3.